The first-order chi connectivity index (χ1) is 9.10. The standard InChI is InChI=1S/C14H12BrCl2NO/c15-10-2-4-14(12(17)8-10)19-13-3-1-9(5-6-18)7-11(13)16/h1-4,7-8H,5-6,18H2. The number of halogens is 3. The van der Waals surface area contributed by atoms with E-state index in [-0.39, 0.29) is 0 Å². The summed E-state index contributed by atoms with van der Waals surface area (Å²) in [6.45, 7) is 0.592. The quantitative estimate of drug-likeness (QED) is 0.827. The van der Waals surface area contributed by atoms with Gasteiger partial charge in [-0.1, -0.05) is 45.2 Å². The van der Waals surface area contributed by atoms with Crippen LogP contribution in [-0.2, 0) is 6.42 Å². The van der Waals surface area contributed by atoms with Crippen molar-refractivity contribution < 1.29 is 4.74 Å². The molecule has 0 saturated heterocycles. The SMILES string of the molecule is NCCc1ccc(Oc2ccc(Br)cc2Cl)c(Cl)c1. The fourth-order valence-corrected chi connectivity index (χ4v) is 2.58. The summed E-state index contributed by atoms with van der Waals surface area (Å²) in [4.78, 5) is 0. The molecule has 19 heavy (non-hydrogen) atoms. The summed E-state index contributed by atoms with van der Waals surface area (Å²) in [5.74, 6) is 1.14. The fraction of sp³-hybridized carbons (Fsp3) is 0.143. The lowest BCUT2D eigenvalue weighted by Crippen LogP contribution is -2.02. The molecule has 0 unspecified atom stereocenters. The van der Waals surface area contributed by atoms with Gasteiger partial charge >= 0.3 is 0 Å². The van der Waals surface area contributed by atoms with Gasteiger partial charge in [-0.25, -0.2) is 0 Å². The molecule has 5 heteroatoms. The Morgan fingerprint density at radius 3 is 2.21 bits per heavy atom. The highest BCUT2D eigenvalue weighted by Crippen LogP contribution is 2.35. The lowest BCUT2D eigenvalue weighted by molar-refractivity contribution is 0.483. The van der Waals surface area contributed by atoms with E-state index in [1.807, 2.05) is 24.3 Å². The summed E-state index contributed by atoms with van der Waals surface area (Å²) in [6, 6.07) is 11.0. The van der Waals surface area contributed by atoms with Crippen molar-refractivity contribution in [2.75, 3.05) is 6.54 Å². The van der Waals surface area contributed by atoms with Crippen molar-refractivity contribution >= 4 is 39.1 Å². The van der Waals surface area contributed by atoms with E-state index in [0.717, 1.165) is 16.5 Å². The monoisotopic (exact) mass is 359 g/mol. The Hall–Kier alpha value is -0.740. The van der Waals surface area contributed by atoms with E-state index >= 15 is 0 Å². The van der Waals surface area contributed by atoms with Gasteiger partial charge in [0, 0.05) is 4.47 Å². The highest BCUT2D eigenvalue weighted by atomic mass is 79.9. The van der Waals surface area contributed by atoms with Crippen LogP contribution in [0.2, 0.25) is 10.0 Å². The molecule has 2 aromatic rings. The van der Waals surface area contributed by atoms with Crippen LogP contribution in [0, 0.1) is 0 Å². The molecule has 0 amide bonds. The van der Waals surface area contributed by atoms with Crippen molar-refractivity contribution in [2.24, 2.45) is 5.73 Å². The number of ether oxygens (including phenoxy) is 1. The first kappa shape index (κ1) is 14.7. The smallest absolute Gasteiger partial charge is 0.146 e. The second kappa shape index (κ2) is 6.62. The number of hydrogen-bond donors (Lipinski definition) is 1. The Kier molecular flexibility index (Phi) is 5.11. The van der Waals surface area contributed by atoms with E-state index in [1.54, 1.807) is 12.1 Å². The maximum Gasteiger partial charge on any atom is 0.146 e. The topological polar surface area (TPSA) is 35.2 Å². The predicted octanol–water partition coefficient (Wildman–Crippen LogP) is 5.05. The van der Waals surface area contributed by atoms with Gasteiger partial charge in [0.25, 0.3) is 0 Å². The summed E-state index contributed by atoms with van der Waals surface area (Å²) in [5, 5.41) is 1.07. The molecular formula is C14H12BrCl2NO. The fourth-order valence-electron chi connectivity index (χ4n) is 1.63. The Morgan fingerprint density at radius 1 is 1.00 bits per heavy atom. The minimum absolute atomic E-state index is 0.525. The normalized spacial score (nSPS) is 10.5. The molecule has 2 N–H and O–H groups in total. The van der Waals surface area contributed by atoms with Crippen LogP contribution in [0.5, 0.6) is 11.5 Å². The molecule has 0 fully saturated rings. The van der Waals surface area contributed by atoms with E-state index in [2.05, 4.69) is 15.9 Å². The Balaban J connectivity index is 2.23. The highest BCUT2D eigenvalue weighted by Gasteiger charge is 2.07. The molecule has 100 valence electrons. The zero-order valence-electron chi connectivity index (χ0n) is 10.00. The van der Waals surface area contributed by atoms with Crippen molar-refractivity contribution in [3.63, 3.8) is 0 Å². The molecule has 0 atom stereocenters. The van der Waals surface area contributed by atoms with E-state index in [1.165, 1.54) is 0 Å². The van der Waals surface area contributed by atoms with E-state index in [4.69, 9.17) is 33.7 Å². The van der Waals surface area contributed by atoms with Crippen molar-refractivity contribution in [1.29, 1.82) is 0 Å². The number of nitrogens with two attached hydrogens (primary N) is 1. The molecule has 2 nitrogen and oxygen atoms in total. The molecule has 0 heterocycles. The number of benzene rings is 2. The van der Waals surface area contributed by atoms with Gasteiger partial charge in [-0.2, -0.15) is 0 Å². The first-order valence-corrected chi connectivity index (χ1v) is 7.26. The van der Waals surface area contributed by atoms with Gasteiger partial charge < -0.3 is 10.5 Å². The Bertz CT molecular complexity index is 590. The second-order valence-electron chi connectivity index (χ2n) is 3.98. The Morgan fingerprint density at radius 2 is 1.63 bits per heavy atom. The summed E-state index contributed by atoms with van der Waals surface area (Å²) >= 11 is 15.6. The number of rotatable bonds is 4. The molecule has 2 aromatic carbocycles. The summed E-state index contributed by atoms with van der Waals surface area (Å²) in [6.07, 6.45) is 0.791. The van der Waals surface area contributed by atoms with Gasteiger partial charge in [0.2, 0.25) is 0 Å². The summed E-state index contributed by atoms with van der Waals surface area (Å²) in [7, 11) is 0. The van der Waals surface area contributed by atoms with E-state index in [0.29, 0.717) is 28.1 Å². The van der Waals surface area contributed by atoms with Crippen LogP contribution in [0.1, 0.15) is 5.56 Å². The van der Waals surface area contributed by atoms with Crippen LogP contribution in [0.3, 0.4) is 0 Å². The van der Waals surface area contributed by atoms with Gasteiger partial charge in [0.15, 0.2) is 0 Å². The third-order valence-electron chi connectivity index (χ3n) is 2.54. The van der Waals surface area contributed by atoms with Gasteiger partial charge in [0.05, 0.1) is 10.0 Å². The Labute approximate surface area is 130 Å². The van der Waals surface area contributed by atoms with E-state index < -0.39 is 0 Å². The van der Waals surface area contributed by atoms with Gasteiger partial charge in [-0.15, -0.1) is 0 Å². The average molecular weight is 361 g/mol. The van der Waals surface area contributed by atoms with Crippen molar-refractivity contribution in [2.45, 2.75) is 6.42 Å². The van der Waals surface area contributed by atoms with Crippen LogP contribution < -0.4 is 10.5 Å². The number of hydrogen-bond acceptors (Lipinski definition) is 2. The van der Waals surface area contributed by atoms with Crippen molar-refractivity contribution in [3.05, 3.63) is 56.5 Å². The van der Waals surface area contributed by atoms with Crippen LogP contribution >= 0.6 is 39.1 Å². The molecule has 0 aromatic heterocycles. The third kappa shape index (κ3) is 3.86. The maximum absolute atomic E-state index is 6.18. The minimum atomic E-state index is 0.525. The van der Waals surface area contributed by atoms with Crippen LogP contribution in [0.15, 0.2) is 40.9 Å². The largest absolute Gasteiger partial charge is 0.454 e. The molecule has 0 aliphatic heterocycles. The maximum atomic E-state index is 6.18. The molecular weight excluding hydrogens is 349 g/mol. The lowest BCUT2D eigenvalue weighted by Gasteiger charge is -2.10. The van der Waals surface area contributed by atoms with Crippen LogP contribution in [0.25, 0.3) is 0 Å². The van der Waals surface area contributed by atoms with Gasteiger partial charge in [-0.3, -0.25) is 0 Å². The minimum Gasteiger partial charge on any atom is -0.454 e. The first-order valence-electron chi connectivity index (χ1n) is 5.71. The molecule has 0 radical (unpaired) electrons. The molecule has 0 saturated carbocycles. The van der Waals surface area contributed by atoms with Crippen LogP contribution in [0.4, 0.5) is 0 Å². The molecule has 0 aliphatic carbocycles. The highest BCUT2D eigenvalue weighted by molar-refractivity contribution is 9.10. The third-order valence-corrected chi connectivity index (χ3v) is 3.63. The molecule has 0 aliphatic rings. The average Bonchev–Trinajstić information content (AvgIpc) is 2.36. The second-order valence-corrected chi connectivity index (χ2v) is 5.71. The van der Waals surface area contributed by atoms with Gasteiger partial charge in [0.1, 0.15) is 11.5 Å². The molecule has 2 rings (SSSR count). The molecule has 0 bridgehead atoms. The molecule has 0 spiro atoms. The van der Waals surface area contributed by atoms with Crippen molar-refractivity contribution in [3.8, 4) is 11.5 Å². The zero-order chi connectivity index (χ0) is 13.8. The zero-order valence-corrected chi connectivity index (χ0v) is 13.1. The van der Waals surface area contributed by atoms with Crippen molar-refractivity contribution in [1.82, 2.24) is 0 Å². The lowest BCUT2D eigenvalue weighted by atomic mass is 10.1. The van der Waals surface area contributed by atoms with Crippen LogP contribution in [-0.4, -0.2) is 6.54 Å². The van der Waals surface area contributed by atoms with Gasteiger partial charge in [-0.05, 0) is 48.9 Å². The predicted molar refractivity (Wildman–Crippen MR) is 83.4 cm³/mol. The summed E-state index contributed by atoms with van der Waals surface area (Å²) < 4.78 is 6.61. The van der Waals surface area contributed by atoms with E-state index in [9.17, 15) is 0 Å². The summed E-state index contributed by atoms with van der Waals surface area (Å²) in [5.41, 5.74) is 6.59.